The Kier molecular flexibility index (Phi) is 6.55. The second-order valence-corrected chi connectivity index (χ2v) is 5.02. The van der Waals surface area contributed by atoms with E-state index in [1.165, 1.54) is 0 Å². The maximum absolute atomic E-state index is 12.5. The summed E-state index contributed by atoms with van der Waals surface area (Å²) in [5, 5.41) is 2.14. The van der Waals surface area contributed by atoms with Gasteiger partial charge in [-0.15, -0.1) is 0 Å². The molecule has 0 bridgehead atoms. The molecule has 2 atom stereocenters. The molecule has 2 unspecified atom stereocenters. The predicted octanol–water partition coefficient (Wildman–Crippen LogP) is -0.239. The van der Waals surface area contributed by atoms with Crippen molar-refractivity contribution in [1.29, 1.82) is 0 Å². The molecule has 11 heteroatoms. The molecule has 1 rings (SSSR count). The molecular weight excluding hydrogens is 337 g/mol. The van der Waals surface area contributed by atoms with Crippen LogP contribution in [-0.2, 0) is 28.7 Å². The lowest BCUT2D eigenvalue weighted by Gasteiger charge is -2.26. The third kappa shape index (κ3) is 4.83. The fraction of sp³-hybridized carbons (Fsp3) is 0.692. The molecule has 1 fully saturated rings. The van der Waals surface area contributed by atoms with Crippen molar-refractivity contribution in [2.75, 3.05) is 20.8 Å². The van der Waals surface area contributed by atoms with E-state index in [4.69, 9.17) is 0 Å². The molecular formula is C13H17F3N2O6. The van der Waals surface area contributed by atoms with Gasteiger partial charge in [0.05, 0.1) is 20.6 Å². The number of methoxy groups -OCH3 is 2. The van der Waals surface area contributed by atoms with Crippen LogP contribution in [0.3, 0.4) is 0 Å². The summed E-state index contributed by atoms with van der Waals surface area (Å²) in [7, 11) is 2.09. The number of esters is 2. The minimum absolute atomic E-state index is 0.0137. The summed E-state index contributed by atoms with van der Waals surface area (Å²) in [6, 6.07) is -2.79. The average molecular weight is 354 g/mol. The van der Waals surface area contributed by atoms with Crippen LogP contribution in [0.5, 0.6) is 0 Å². The van der Waals surface area contributed by atoms with Crippen LogP contribution in [0.25, 0.3) is 0 Å². The molecule has 0 aromatic carbocycles. The van der Waals surface area contributed by atoms with E-state index in [1.807, 2.05) is 0 Å². The van der Waals surface area contributed by atoms with Gasteiger partial charge in [-0.1, -0.05) is 0 Å². The van der Waals surface area contributed by atoms with Gasteiger partial charge in [0.15, 0.2) is 0 Å². The maximum atomic E-state index is 12.5. The van der Waals surface area contributed by atoms with Gasteiger partial charge in [0, 0.05) is 6.54 Å². The Morgan fingerprint density at radius 3 is 2.33 bits per heavy atom. The Morgan fingerprint density at radius 2 is 1.83 bits per heavy atom. The van der Waals surface area contributed by atoms with Crippen molar-refractivity contribution in [2.24, 2.45) is 0 Å². The lowest BCUT2D eigenvalue weighted by molar-refractivity contribution is -0.186. The van der Waals surface area contributed by atoms with Crippen LogP contribution in [0.1, 0.15) is 19.3 Å². The summed E-state index contributed by atoms with van der Waals surface area (Å²) in [6.07, 6.45) is -5.43. The van der Waals surface area contributed by atoms with Crippen LogP contribution in [0, 0.1) is 0 Å². The van der Waals surface area contributed by atoms with Gasteiger partial charge < -0.3 is 19.7 Å². The van der Waals surface area contributed by atoms with Gasteiger partial charge in [0.25, 0.3) is 0 Å². The predicted molar refractivity (Wildman–Crippen MR) is 71.4 cm³/mol. The highest BCUT2D eigenvalue weighted by molar-refractivity contribution is 5.93. The van der Waals surface area contributed by atoms with Gasteiger partial charge in [0.2, 0.25) is 5.91 Å². The molecule has 2 amide bonds. The normalized spacial score (nSPS) is 18.7. The van der Waals surface area contributed by atoms with Crippen molar-refractivity contribution in [3.8, 4) is 0 Å². The van der Waals surface area contributed by atoms with Crippen molar-refractivity contribution in [3.05, 3.63) is 0 Å². The largest absolute Gasteiger partial charge is 0.471 e. The second kappa shape index (κ2) is 7.97. The molecule has 1 N–H and O–H groups in total. The standard InChI is InChI=1S/C13H17F3N2O6/c1-23-9(19)6-7(11(21)24-2)17-10(20)8-4-3-5-18(8)12(22)13(14,15)16/h7-8H,3-6H2,1-2H3,(H,17,20). The quantitative estimate of drug-likeness (QED) is 0.684. The van der Waals surface area contributed by atoms with Crippen LogP contribution in [0.15, 0.2) is 0 Å². The minimum atomic E-state index is -5.10. The van der Waals surface area contributed by atoms with E-state index in [1.54, 1.807) is 0 Å². The lowest BCUT2D eigenvalue weighted by atomic mass is 10.1. The number of carbonyl (C=O) groups is 4. The SMILES string of the molecule is COC(=O)CC(NC(=O)C1CCCN1C(=O)C(F)(F)F)C(=O)OC. The number of hydrogen-bond donors (Lipinski definition) is 1. The Morgan fingerprint density at radius 1 is 1.21 bits per heavy atom. The number of likely N-dealkylation sites (tertiary alicyclic amines) is 1. The fourth-order valence-electron chi connectivity index (χ4n) is 2.30. The highest BCUT2D eigenvalue weighted by atomic mass is 19.4. The van der Waals surface area contributed by atoms with E-state index in [9.17, 15) is 32.3 Å². The molecule has 0 spiro atoms. The van der Waals surface area contributed by atoms with Crippen molar-refractivity contribution in [1.82, 2.24) is 10.2 Å². The van der Waals surface area contributed by atoms with E-state index in [0.29, 0.717) is 4.90 Å². The number of nitrogens with one attached hydrogen (secondary N) is 1. The fourth-order valence-corrected chi connectivity index (χ4v) is 2.30. The summed E-state index contributed by atoms with van der Waals surface area (Å²) in [5.41, 5.74) is 0. The molecule has 136 valence electrons. The minimum Gasteiger partial charge on any atom is -0.469 e. The average Bonchev–Trinajstić information content (AvgIpc) is 3.00. The van der Waals surface area contributed by atoms with Crippen molar-refractivity contribution < 1.29 is 41.8 Å². The van der Waals surface area contributed by atoms with E-state index < -0.39 is 48.4 Å². The first-order chi connectivity index (χ1) is 11.1. The summed E-state index contributed by atoms with van der Waals surface area (Å²) in [4.78, 5) is 46.7. The number of rotatable bonds is 5. The Labute approximate surface area is 135 Å². The molecule has 8 nitrogen and oxygen atoms in total. The highest BCUT2D eigenvalue weighted by Crippen LogP contribution is 2.25. The molecule has 0 saturated carbocycles. The highest BCUT2D eigenvalue weighted by Gasteiger charge is 2.48. The molecule has 1 aliphatic heterocycles. The molecule has 1 aliphatic rings. The van der Waals surface area contributed by atoms with Crippen LogP contribution in [-0.4, -0.2) is 67.7 Å². The zero-order valence-electron chi connectivity index (χ0n) is 13.0. The van der Waals surface area contributed by atoms with Crippen LogP contribution < -0.4 is 5.32 Å². The summed E-state index contributed by atoms with van der Waals surface area (Å²) < 4.78 is 46.4. The number of halogens is 3. The first-order valence-electron chi connectivity index (χ1n) is 6.94. The first kappa shape index (κ1) is 19.7. The van der Waals surface area contributed by atoms with Crippen molar-refractivity contribution >= 4 is 23.8 Å². The molecule has 24 heavy (non-hydrogen) atoms. The monoisotopic (exact) mass is 354 g/mol. The number of nitrogens with zero attached hydrogens (tertiary/aromatic N) is 1. The second-order valence-electron chi connectivity index (χ2n) is 5.02. The number of amides is 2. The van der Waals surface area contributed by atoms with Gasteiger partial charge >= 0.3 is 24.0 Å². The number of hydrogen-bond acceptors (Lipinski definition) is 6. The van der Waals surface area contributed by atoms with E-state index in [2.05, 4.69) is 14.8 Å². The van der Waals surface area contributed by atoms with Gasteiger partial charge in [-0.05, 0) is 12.8 Å². The molecule has 1 saturated heterocycles. The van der Waals surface area contributed by atoms with E-state index in [0.717, 1.165) is 14.2 Å². The Balaban J connectivity index is 2.84. The van der Waals surface area contributed by atoms with Crippen LogP contribution >= 0.6 is 0 Å². The van der Waals surface area contributed by atoms with Crippen LogP contribution in [0.4, 0.5) is 13.2 Å². The Hall–Kier alpha value is -2.33. The summed E-state index contributed by atoms with van der Waals surface area (Å²) in [6.45, 7) is -0.226. The summed E-state index contributed by atoms with van der Waals surface area (Å²) >= 11 is 0. The zero-order valence-corrected chi connectivity index (χ0v) is 13.0. The topological polar surface area (TPSA) is 102 Å². The van der Waals surface area contributed by atoms with Gasteiger partial charge in [-0.2, -0.15) is 13.2 Å². The zero-order chi connectivity index (χ0) is 18.5. The number of carbonyl (C=O) groups excluding carboxylic acids is 4. The Bertz CT molecular complexity index is 522. The smallest absolute Gasteiger partial charge is 0.469 e. The summed E-state index contributed by atoms with van der Waals surface area (Å²) in [5.74, 6) is -4.87. The first-order valence-corrected chi connectivity index (χ1v) is 6.94. The van der Waals surface area contributed by atoms with Gasteiger partial charge in [-0.25, -0.2) is 4.79 Å². The van der Waals surface area contributed by atoms with Crippen LogP contribution in [0.2, 0.25) is 0 Å². The third-order valence-electron chi connectivity index (χ3n) is 3.46. The molecule has 0 radical (unpaired) electrons. The van der Waals surface area contributed by atoms with E-state index >= 15 is 0 Å². The van der Waals surface area contributed by atoms with Gasteiger partial charge in [-0.3, -0.25) is 14.4 Å². The van der Waals surface area contributed by atoms with Gasteiger partial charge in [0.1, 0.15) is 12.1 Å². The molecule has 0 aliphatic carbocycles. The van der Waals surface area contributed by atoms with E-state index in [-0.39, 0.29) is 19.4 Å². The lowest BCUT2D eigenvalue weighted by Crippen LogP contribution is -2.53. The number of ether oxygens (including phenoxy) is 2. The van der Waals surface area contributed by atoms with Crippen molar-refractivity contribution in [2.45, 2.75) is 37.5 Å². The van der Waals surface area contributed by atoms with Crippen molar-refractivity contribution in [3.63, 3.8) is 0 Å². The number of alkyl halides is 3. The molecule has 0 aromatic rings. The maximum Gasteiger partial charge on any atom is 0.471 e. The third-order valence-corrected chi connectivity index (χ3v) is 3.46. The molecule has 1 heterocycles. The molecule has 0 aromatic heterocycles.